The summed E-state index contributed by atoms with van der Waals surface area (Å²) < 4.78 is 40.1. The number of benzene rings is 2. The first-order valence-corrected chi connectivity index (χ1v) is 8.11. The number of alkyl halides is 3. The molecule has 0 saturated carbocycles. The number of phenols is 2. The third-order valence-corrected chi connectivity index (χ3v) is 3.53. The number of carbonyl (C=O) groups is 1. The first-order chi connectivity index (χ1) is 13.7. The lowest BCUT2D eigenvalue weighted by Crippen LogP contribution is -2.24. The molecule has 3 N–H and O–H groups in total. The van der Waals surface area contributed by atoms with Crippen molar-refractivity contribution in [2.45, 2.75) is 12.9 Å². The molecule has 6 nitrogen and oxygen atoms in total. The van der Waals surface area contributed by atoms with Gasteiger partial charge in [-0.3, -0.25) is 4.79 Å². The normalized spacial score (nSPS) is 11.9. The van der Waals surface area contributed by atoms with Crippen molar-refractivity contribution >= 4 is 12.0 Å². The summed E-state index contributed by atoms with van der Waals surface area (Å²) in [4.78, 5) is 12.1. The van der Waals surface area contributed by atoms with Crippen LogP contribution in [0.1, 0.15) is 11.1 Å². The molecule has 9 heteroatoms. The third kappa shape index (κ3) is 6.95. The smallest absolute Gasteiger partial charge is 0.504 e. The van der Waals surface area contributed by atoms with E-state index >= 15 is 0 Å². The maximum absolute atomic E-state index is 12.1. The van der Waals surface area contributed by atoms with Gasteiger partial charge in [0.05, 0.1) is 0 Å². The fourth-order valence-electron chi connectivity index (χ4n) is 2.15. The van der Waals surface area contributed by atoms with Gasteiger partial charge in [-0.15, -0.1) is 13.2 Å². The molecule has 2 aromatic carbocycles. The fourth-order valence-corrected chi connectivity index (χ4v) is 2.15. The second-order valence-corrected chi connectivity index (χ2v) is 5.67. The van der Waals surface area contributed by atoms with Gasteiger partial charge in [0.1, 0.15) is 17.4 Å². The van der Waals surface area contributed by atoms with Crippen LogP contribution >= 0.6 is 0 Å². The molecule has 0 saturated heterocycles. The number of phenolic OH excluding ortho intramolecular Hbond substituents is 2. The Morgan fingerprint density at radius 1 is 1.14 bits per heavy atom. The first-order valence-electron chi connectivity index (χ1n) is 8.11. The van der Waals surface area contributed by atoms with Crippen LogP contribution < -0.4 is 10.1 Å². The van der Waals surface area contributed by atoms with Gasteiger partial charge in [-0.2, -0.15) is 5.26 Å². The summed E-state index contributed by atoms with van der Waals surface area (Å²) in [5.74, 6) is -1.62. The molecule has 0 bridgehead atoms. The minimum Gasteiger partial charge on any atom is -0.504 e. The van der Waals surface area contributed by atoms with Crippen LogP contribution in [-0.2, 0) is 11.3 Å². The van der Waals surface area contributed by atoms with Crippen LogP contribution in [0.15, 0.2) is 60.2 Å². The minimum atomic E-state index is -4.78. The second kappa shape index (κ2) is 9.32. The zero-order valence-electron chi connectivity index (χ0n) is 14.8. The molecular weight excluding hydrogens is 389 g/mol. The number of hydrogen-bond acceptors (Lipinski definition) is 5. The summed E-state index contributed by atoms with van der Waals surface area (Å²) in [7, 11) is 0. The zero-order valence-corrected chi connectivity index (χ0v) is 14.8. The van der Waals surface area contributed by atoms with Crippen LogP contribution in [0.5, 0.6) is 17.2 Å². The number of hydrogen-bond donors (Lipinski definition) is 3. The van der Waals surface area contributed by atoms with Crippen molar-refractivity contribution in [1.29, 1.82) is 5.26 Å². The van der Waals surface area contributed by atoms with Crippen LogP contribution in [0.4, 0.5) is 13.2 Å². The van der Waals surface area contributed by atoms with Crippen LogP contribution in [-0.4, -0.2) is 22.5 Å². The highest BCUT2D eigenvalue weighted by molar-refractivity contribution is 5.97. The number of carbonyl (C=O) groups excluding carboxylic acids is 1. The summed E-state index contributed by atoms with van der Waals surface area (Å²) in [6.07, 6.45) is -0.579. The lowest BCUT2D eigenvalue weighted by atomic mass is 10.1. The molecule has 0 aliphatic rings. The number of nitrogens with zero attached hydrogens (tertiary/aromatic N) is 1. The van der Waals surface area contributed by atoms with Crippen LogP contribution in [0.2, 0.25) is 0 Å². The molecule has 0 unspecified atom stereocenters. The molecule has 150 valence electrons. The van der Waals surface area contributed by atoms with Gasteiger partial charge in [0.2, 0.25) is 0 Å². The average Bonchev–Trinajstić information content (AvgIpc) is 2.66. The number of nitriles is 1. The lowest BCUT2D eigenvalue weighted by Gasteiger charge is -2.09. The molecule has 0 radical (unpaired) electrons. The van der Waals surface area contributed by atoms with E-state index in [-0.39, 0.29) is 29.4 Å². The van der Waals surface area contributed by atoms with E-state index in [2.05, 4.69) is 10.1 Å². The van der Waals surface area contributed by atoms with Gasteiger partial charge in [0, 0.05) is 6.54 Å². The Kier molecular flexibility index (Phi) is 6.87. The van der Waals surface area contributed by atoms with Gasteiger partial charge in [0.15, 0.2) is 11.5 Å². The Morgan fingerprint density at radius 3 is 2.41 bits per heavy atom. The highest BCUT2D eigenvalue weighted by Crippen LogP contribution is 2.25. The SMILES string of the molecule is N#C/C(=C\C=C\c1ccc(O)c(O)c1)C(=O)NCc1ccc(OC(F)(F)F)cc1. The van der Waals surface area contributed by atoms with Crippen molar-refractivity contribution in [1.82, 2.24) is 5.32 Å². The first kappa shape index (κ1) is 21.4. The van der Waals surface area contributed by atoms with Crippen molar-refractivity contribution in [2.24, 2.45) is 0 Å². The summed E-state index contributed by atoms with van der Waals surface area (Å²) in [5.41, 5.74) is 0.858. The second-order valence-electron chi connectivity index (χ2n) is 5.67. The maximum atomic E-state index is 12.1. The maximum Gasteiger partial charge on any atom is 0.573 e. The van der Waals surface area contributed by atoms with E-state index in [9.17, 15) is 28.2 Å². The van der Waals surface area contributed by atoms with Crippen molar-refractivity contribution in [2.75, 3.05) is 0 Å². The van der Waals surface area contributed by atoms with Crippen LogP contribution in [0.25, 0.3) is 6.08 Å². The van der Waals surface area contributed by atoms with E-state index in [1.807, 2.05) is 0 Å². The predicted molar refractivity (Wildman–Crippen MR) is 97.5 cm³/mol. The molecular formula is C20H15F3N2O4. The quantitative estimate of drug-likeness (QED) is 0.294. The summed E-state index contributed by atoms with van der Waals surface area (Å²) in [5, 5.41) is 30.3. The monoisotopic (exact) mass is 404 g/mol. The molecule has 0 spiro atoms. The number of nitrogens with one attached hydrogen (secondary N) is 1. The van der Waals surface area contributed by atoms with E-state index in [4.69, 9.17) is 5.26 Å². The van der Waals surface area contributed by atoms with E-state index in [1.54, 1.807) is 6.07 Å². The number of allylic oxidation sites excluding steroid dienone is 2. The molecule has 29 heavy (non-hydrogen) atoms. The van der Waals surface area contributed by atoms with E-state index in [0.29, 0.717) is 11.1 Å². The number of amides is 1. The zero-order chi connectivity index (χ0) is 21.4. The summed E-state index contributed by atoms with van der Waals surface area (Å²) in [6.45, 7) is -0.000298. The van der Waals surface area contributed by atoms with Gasteiger partial charge in [-0.05, 0) is 41.5 Å². The van der Waals surface area contributed by atoms with Crippen LogP contribution in [0, 0.1) is 11.3 Å². The standard InChI is InChI=1S/C20H15F3N2O4/c21-20(22,23)29-16-7-4-14(5-8-16)12-25-19(28)15(11-24)3-1-2-13-6-9-17(26)18(27)10-13/h1-10,26-27H,12H2,(H,25,28)/b2-1+,15-3+. The van der Waals surface area contributed by atoms with E-state index in [0.717, 1.165) is 12.1 Å². The number of halogens is 3. The van der Waals surface area contributed by atoms with Crippen molar-refractivity contribution in [3.05, 3.63) is 71.3 Å². The highest BCUT2D eigenvalue weighted by atomic mass is 19.4. The van der Waals surface area contributed by atoms with E-state index < -0.39 is 12.3 Å². The van der Waals surface area contributed by atoms with E-state index in [1.165, 1.54) is 48.6 Å². The largest absolute Gasteiger partial charge is 0.573 e. The summed E-state index contributed by atoms with van der Waals surface area (Å²) in [6, 6.07) is 10.8. The van der Waals surface area contributed by atoms with Crippen molar-refractivity contribution in [3.63, 3.8) is 0 Å². The molecule has 0 aliphatic carbocycles. The summed E-state index contributed by atoms with van der Waals surface area (Å²) >= 11 is 0. The number of aromatic hydroxyl groups is 2. The van der Waals surface area contributed by atoms with Gasteiger partial charge < -0.3 is 20.3 Å². The molecule has 0 aromatic heterocycles. The molecule has 2 rings (SSSR count). The van der Waals surface area contributed by atoms with Crippen molar-refractivity contribution < 1.29 is 32.9 Å². The van der Waals surface area contributed by atoms with Gasteiger partial charge in [-0.1, -0.05) is 30.4 Å². The fraction of sp³-hybridized carbons (Fsp3) is 0.100. The Morgan fingerprint density at radius 2 is 1.83 bits per heavy atom. The molecule has 0 aliphatic heterocycles. The molecule has 2 aromatic rings. The average molecular weight is 404 g/mol. The molecule has 0 heterocycles. The molecule has 1 amide bonds. The lowest BCUT2D eigenvalue weighted by molar-refractivity contribution is -0.274. The molecule has 0 fully saturated rings. The van der Waals surface area contributed by atoms with Gasteiger partial charge >= 0.3 is 6.36 Å². The Balaban J connectivity index is 1.95. The van der Waals surface area contributed by atoms with Gasteiger partial charge in [0.25, 0.3) is 5.91 Å². The van der Waals surface area contributed by atoms with Crippen LogP contribution in [0.3, 0.4) is 0 Å². The number of ether oxygens (including phenoxy) is 1. The third-order valence-electron chi connectivity index (χ3n) is 3.53. The highest BCUT2D eigenvalue weighted by Gasteiger charge is 2.30. The van der Waals surface area contributed by atoms with Gasteiger partial charge in [-0.25, -0.2) is 0 Å². The number of rotatable bonds is 6. The minimum absolute atomic E-state index is 0.000298. The topological polar surface area (TPSA) is 103 Å². The predicted octanol–water partition coefficient (Wildman–Crippen LogP) is 3.78. The Hall–Kier alpha value is -3.93. The van der Waals surface area contributed by atoms with Crippen molar-refractivity contribution in [3.8, 4) is 23.3 Å². The Labute approximate surface area is 163 Å². The molecule has 0 atom stereocenters. The Bertz CT molecular complexity index is 975.